The van der Waals surface area contributed by atoms with E-state index in [0.717, 1.165) is 13.0 Å². The fourth-order valence-electron chi connectivity index (χ4n) is 1.62. The third-order valence-corrected chi connectivity index (χ3v) is 3.58. The van der Waals surface area contributed by atoms with Crippen LogP contribution in [0.2, 0.25) is 4.34 Å². The first-order valence-electron chi connectivity index (χ1n) is 4.78. The van der Waals surface area contributed by atoms with E-state index in [0.29, 0.717) is 9.21 Å². The molecule has 0 saturated carbocycles. The molecule has 2 atom stereocenters. The van der Waals surface area contributed by atoms with Gasteiger partial charge in [-0.1, -0.05) is 11.6 Å². The van der Waals surface area contributed by atoms with E-state index < -0.39 is 0 Å². The second-order valence-electron chi connectivity index (χ2n) is 3.62. The number of thiophene rings is 1. The van der Waals surface area contributed by atoms with Gasteiger partial charge in [-0.05, 0) is 25.5 Å². The molecule has 3 nitrogen and oxygen atoms in total. The standard InChI is InChI=1S/C10H12ClN2OS/c1-6-4-7(5-12-6)13-10(14)8-2-3-9(11)15-8/h2-3,6-7,12H,1,4-5H2,(H,13,14). The van der Waals surface area contributed by atoms with Gasteiger partial charge >= 0.3 is 0 Å². The molecule has 0 spiro atoms. The van der Waals surface area contributed by atoms with Crippen molar-refractivity contribution in [3.63, 3.8) is 0 Å². The molecule has 0 aliphatic carbocycles. The lowest BCUT2D eigenvalue weighted by Crippen LogP contribution is -2.35. The number of halogens is 1. The molecule has 1 radical (unpaired) electrons. The second kappa shape index (κ2) is 4.51. The SMILES string of the molecule is [CH2]C1CC(NC(=O)c2ccc(Cl)s2)CN1. The Labute approximate surface area is 97.8 Å². The molecule has 2 N–H and O–H groups in total. The van der Waals surface area contributed by atoms with Gasteiger partial charge in [0.05, 0.1) is 9.21 Å². The molecule has 2 rings (SSSR count). The molecule has 2 heterocycles. The lowest BCUT2D eigenvalue weighted by atomic mass is 10.2. The quantitative estimate of drug-likeness (QED) is 0.830. The summed E-state index contributed by atoms with van der Waals surface area (Å²) >= 11 is 7.06. The zero-order chi connectivity index (χ0) is 10.8. The van der Waals surface area contributed by atoms with Gasteiger partial charge in [-0.15, -0.1) is 11.3 Å². The molecule has 5 heteroatoms. The molecular formula is C10H12ClN2OS. The predicted octanol–water partition coefficient (Wildman–Crippen LogP) is 1.70. The Balaban J connectivity index is 1.92. The van der Waals surface area contributed by atoms with E-state index in [1.807, 2.05) is 0 Å². The molecule has 15 heavy (non-hydrogen) atoms. The van der Waals surface area contributed by atoms with Gasteiger partial charge in [0.2, 0.25) is 0 Å². The molecule has 0 aromatic carbocycles. The maximum absolute atomic E-state index is 11.7. The van der Waals surface area contributed by atoms with Crippen LogP contribution in [0.15, 0.2) is 12.1 Å². The van der Waals surface area contributed by atoms with Crippen molar-refractivity contribution in [3.8, 4) is 0 Å². The van der Waals surface area contributed by atoms with Gasteiger partial charge in [0, 0.05) is 18.6 Å². The van der Waals surface area contributed by atoms with E-state index in [1.54, 1.807) is 12.1 Å². The molecule has 81 valence electrons. The molecule has 1 aromatic heterocycles. The highest BCUT2D eigenvalue weighted by molar-refractivity contribution is 7.17. The van der Waals surface area contributed by atoms with Crippen LogP contribution in [0.4, 0.5) is 0 Å². The normalized spacial score (nSPS) is 25.5. The zero-order valence-corrected chi connectivity index (χ0v) is 9.70. The smallest absolute Gasteiger partial charge is 0.261 e. The lowest BCUT2D eigenvalue weighted by molar-refractivity contribution is 0.0944. The third-order valence-electron chi connectivity index (χ3n) is 2.35. The van der Waals surface area contributed by atoms with Gasteiger partial charge in [-0.3, -0.25) is 4.79 Å². The molecular weight excluding hydrogens is 232 g/mol. The lowest BCUT2D eigenvalue weighted by Gasteiger charge is -2.09. The third kappa shape index (κ3) is 2.71. The summed E-state index contributed by atoms with van der Waals surface area (Å²) in [6.45, 7) is 4.68. The summed E-state index contributed by atoms with van der Waals surface area (Å²) in [4.78, 5) is 12.4. The summed E-state index contributed by atoms with van der Waals surface area (Å²) in [7, 11) is 0. The second-order valence-corrected chi connectivity index (χ2v) is 5.33. The first-order valence-corrected chi connectivity index (χ1v) is 5.97. The van der Waals surface area contributed by atoms with E-state index in [4.69, 9.17) is 11.6 Å². The largest absolute Gasteiger partial charge is 0.347 e. The van der Waals surface area contributed by atoms with Crippen LogP contribution < -0.4 is 10.6 Å². The van der Waals surface area contributed by atoms with Gasteiger partial charge in [0.1, 0.15) is 0 Å². The van der Waals surface area contributed by atoms with E-state index in [-0.39, 0.29) is 18.0 Å². The van der Waals surface area contributed by atoms with Gasteiger partial charge in [0.15, 0.2) is 0 Å². The Morgan fingerprint density at radius 3 is 3.00 bits per heavy atom. The molecule has 0 bridgehead atoms. The number of hydrogen-bond donors (Lipinski definition) is 2. The molecule has 1 aliphatic rings. The first-order chi connectivity index (χ1) is 7.15. The van der Waals surface area contributed by atoms with Gasteiger partial charge in [-0.25, -0.2) is 0 Å². The summed E-state index contributed by atoms with van der Waals surface area (Å²) in [5.74, 6) is -0.0483. The van der Waals surface area contributed by atoms with E-state index in [2.05, 4.69) is 17.6 Å². The molecule has 1 aliphatic heterocycles. The highest BCUT2D eigenvalue weighted by Crippen LogP contribution is 2.21. The van der Waals surface area contributed by atoms with Crippen molar-refractivity contribution in [2.45, 2.75) is 18.5 Å². The Bertz CT molecular complexity index is 366. The molecule has 1 aromatic rings. The molecule has 2 unspecified atom stereocenters. The van der Waals surface area contributed by atoms with Crippen molar-refractivity contribution in [2.75, 3.05) is 6.54 Å². The zero-order valence-electron chi connectivity index (χ0n) is 8.13. The van der Waals surface area contributed by atoms with Crippen molar-refractivity contribution < 1.29 is 4.79 Å². The van der Waals surface area contributed by atoms with Gasteiger partial charge < -0.3 is 10.6 Å². The minimum atomic E-state index is -0.0483. The number of amides is 1. The van der Waals surface area contributed by atoms with Crippen LogP contribution in [0.1, 0.15) is 16.1 Å². The number of rotatable bonds is 2. The molecule has 1 saturated heterocycles. The van der Waals surface area contributed by atoms with E-state index >= 15 is 0 Å². The maximum Gasteiger partial charge on any atom is 0.261 e. The Morgan fingerprint density at radius 1 is 1.67 bits per heavy atom. The van der Waals surface area contributed by atoms with Crippen LogP contribution in [0, 0.1) is 6.92 Å². The van der Waals surface area contributed by atoms with Crippen molar-refractivity contribution in [3.05, 3.63) is 28.3 Å². The van der Waals surface area contributed by atoms with E-state index in [9.17, 15) is 4.79 Å². The van der Waals surface area contributed by atoms with Crippen molar-refractivity contribution in [1.29, 1.82) is 0 Å². The first kappa shape index (κ1) is 10.9. The number of carbonyl (C=O) groups excluding carboxylic acids is 1. The van der Waals surface area contributed by atoms with Crippen LogP contribution >= 0.6 is 22.9 Å². The van der Waals surface area contributed by atoms with Gasteiger partial charge in [-0.2, -0.15) is 0 Å². The number of hydrogen-bond acceptors (Lipinski definition) is 3. The van der Waals surface area contributed by atoms with Crippen LogP contribution in [0.5, 0.6) is 0 Å². The van der Waals surface area contributed by atoms with Crippen molar-refractivity contribution in [2.24, 2.45) is 0 Å². The minimum Gasteiger partial charge on any atom is -0.347 e. The maximum atomic E-state index is 11.7. The fourth-order valence-corrected chi connectivity index (χ4v) is 2.57. The fraction of sp³-hybridized carbons (Fsp3) is 0.400. The highest BCUT2D eigenvalue weighted by atomic mass is 35.5. The number of carbonyl (C=O) groups is 1. The van der Waals surface area contributed by atoms with Crippen molar-refractivity contribution >= 4 is 28.8 Å². The van der Waals surface area contributed by atoms with Crippen LogP contribution in [-0.4, -0.2) is 24.5 Å². The highest BCUT2D eigenvalue weighted by Gasteiger charge is 2.22. The van der Waals surface area contributed by atoms with Crippen LogP contribution in [-0.2, 0) is 0 Å². The average molecular weight is 244 g/mol. The summed E-state index contributed by atoms with van der Waals surface area (Å²) in [5.41, 5.74) is 0. The van der Waals surface area contributed by atoms with E-state index in [1.165, 1.54) is 11.3 Å². The minimum absolute atomic E-state index is 0.0483. The molecule has 1 amide bonds. The predicted molar refractivity (Wildman–Crippen MR) is 62.3 cm³/mol. The summed E-state index contributed by atoms with van der Waals surface area (Å²) < 4.78 is 0.639. The summed E-state index contributed by atoms with van der Waals surface area (Å²) in [5, 5.41) is 6.13. The number of nitrogens with one attached hydrogen (secondary N) is 2. The Morgan fingerprint density at radius 2 is 2.47 bits per heavy atom. The van der Waals surface area contributed by atoms with Crippen molar-refractivity contribution in [1.82, 2.24) is 10.6 Å². The van der Waals surface area contributed by atoms with Gasteiger partial charge in [0.25, 0.3) is 5.91 Å². The van der Waals surface area contributed by atoms with Crippen LogP contribution in [0.3, 0.4) is 0 Å². The molecule has 1 fully saturated rings. The topological polar surface area (TPSA) is 41.1 Å². The average Bonchev–Trinajstić information content (AvgIpc) is 2.75. The Kier molecular flexibility index (Phi) is 3.29. The van der Waals surface area contributed by atoms with Crippen LogP contribution in [0.25, 0.3) is 0 Å². The summed E-state index contributed by atoms with van der Waals surface area (Å²) in [6.07, 6.45) is 0.880. The Hall–Kier alpha value is -0.580. The monoisotopic (exact) mass is 243 g/mol. The summed E-state index contributed by atoms with van der Waals surface area (Å²) in [6, 6.07) is 3.90.